The number of allylic oxidation sites excluding steroid dienone is 3. The van der Waals surface area contributed by atoms with Crippen LogP contribution in [0.2, 0.25) is 0 Å². The summed E-state index contributed by atoms with van der Waals surface area (Å²) in [5.41, 5.74) is 19.9. The predicted octanol–water partition coefficient (Wildman–Crippen LogP) is 14.2. The third kappa shape index (κ3) is 7.45. The van der Waals surface area contributed by atoms with E-state index in [1.807, 2.05) is 74.5 Å². The number of aliphatic imine (C=N–C) groups is 1. The first-order valence-corrected chi connectivity index (χ1v) is 20.8. The molecule has 61 heavy (non-hydrogen) atoms. The van der Waals surface area contributed by atoms with Gasteiger partial charge in [-0.3, -0.25) is 4.99 Å². The predicted molar refractivity (Wildman–Crippen MR) is 252 cm³/mol. The van der Waals surface area contributed by atoms with Crippen molar-refractivity contribution in [1.82, 2.24) is 0 Å². The minimum atomic E-state index is -0.514. The van der Waals surface area contributed by atoms with E-state index < -0.39 is 5.41 Å². The zero-order valence-electron chi connectivity index (χ0n) is 34.3. The zero-order valence-corrected chi connectivity index (χ0v) is 34.3. The van der Waals surface area contributed by atoms with E-state index in [2.05, 4.69) is 158 Å². The fraction of sp³-hybridized carbons (Fsp3) is 0.0702. The van der Waals surface area contributed by atoms with Crippen LogP contribution in [-0.4, -0.2) is 5.71 Å². The van der Waals surface area contributed by atoms with E-state index >= 15 is 0 Å². The lowest BCUT2D eigenvalue weighted by atomic mass is 9.68. The topological polar surface area (TPSA) is 56.8 Å². The maximum Gasteiger partial charge on any atom is 0.178 e. The summed E-state index contributed by atoms with van der Waals surface area (Å²) in [6, 6.07) is 69.4. The summed E-state index contributed by atoms with van der Waals surface area (Å²) in [5, 5.41) is 0. The molecule has 2 aliphatic rings. The smallest absolute Gasteiger partial charge is 0.178 e. The largest absolute Gasteiger partial charge is 0.449 e. The number of hydrogen-bond acceptors (Lipinski definition) is 4. The Hall–Kier alpha value is -7.69. The Morgan fingerprint density at radius 3 is 1.75 bits per heavy atom. The van der Waals surface area contributed by atoms with Crippen molar-refractivity contribution in [2.75, 3.05) is 0 Å². The van der Waals surface area contributed by atoms with E-state index in [9.17, 15) is 0 Å². The van der Waals surface area contributed by atoms with Crippen molar-refractivity contribution in [3.05, 3.63) is 257 Å². The molecule has 8 aromatic rings. The van der Waals surface area contributed by atoms with Gasteiger partial charge in [0, 0.05) is 11.3 Å². The van der Waals surface area contributed by atoms with Crippen LogP contribution in [0.4, 0.5) is 0 Å². The molecule has 0 radical (unpaired) electrons. The minimum Gasteiger partial charge on any atom is -0.449 e. The lowest BCUT2D eigenvalue weighted by Gasteiger charge is -2.34. The molecule has 0 amide bonds. The third-order valence-electron chi connectivity index (χ3n) is 11.4. The van der Waals surface area contributed by atoms with Crippen LogP contribution < -0.4 is 15.2 Å². The van der Waals surface area contributed by atoms with Crippen LogP contribution in [0.3, 0.4) is 0 Å². The van der Waals surface area contributed by atoms with E-state index in [-0.39, 0.29) is 0 Å². The minimum absolute atomic E-state index is 0.514. The van der Waals surface area contributed by atoms with Crippen molar-refractivity contribution in [1.29, 1.82) is 0 Å². The Morgan fingerprint density at radius 1 is 0.525 bits per heavy atom. The first-order chi connectivity index (χ1) is 30.1. The Kier molecular flexibility index (Phi) is 11.0. The molecule has 1 aliphatic heterocycles. The lowest BCUT2D eigenvalue weighted by Crippen LogP contribution is -2.28. The van der Waals surface area contributed by atoms with Gasteiger partial charge in [-0.2, -0.15) is 0 Å². The molecule has 2 N–H and O–H groups in total. The van der Waals surface area contributed by atoms with E-state index in [0.29, 0.717) is 29.5 Å². The second-order valence-corrected chi connectivity index (χ2v) is 15.1. The summed E-state index contributed by atoms with van der Waals surface area (Å²) in [5.74, 6) is 2.79. The highest BCUT2D eigenvalue weighted by molar-refractivity contribution is 6.12. The number of rotatable bonds is 8. The first-order valence-electron chi connectivity index (χ1n) is 20.8. The van der Waals surface area contributed by atoms with Crippen LogP contribution >= 0.6 is 0 Å². The van der Waals surface area contributed by atoms with Crippen LogP contribution in [0.1, 0.15) is 52.8 Å². The third-order valence-corrected chi connectivity index (χ3v) is 11.4. The van der Waals surface area contributed by atoms with E-state index in [0.717, 1.165) is 50.4 Å². The lowest BCUT2D eigenvalue weighted by molar-refractivity contribution is 0.360. The Labute approximate surface area is 358 Å². The van der Waals surface area contributed by atoms with Crippen molar-refractivity contribution < 1.29 is 9.47 Å². The SMILES string of the molecule is C/C=C\C.N/C(=C\C(=NCc1ccccc1)c1ccccc1)c1ccc(-c2ccc3c(c2)Oc2ccc4c(c2O3)-c2ccccc2C4(c2ccccc2)c2ccccc2)cc1. The molecule has 0 fully saturated rings. The van der Waals surface area contributed by atoms with Gasteiger partial charge in [-0.25, -0.2) is 0 Å². The average molecular weight is 791 g/mol. The molecule has 0 spiro atoms. The normalized spacial score (nSPS) is 13.4. The Balaban J connectivity index is 0.00000114. The van der Waals surface area contributed by atoms with Gasteiger partial charge in [0.2, 0.25) is 0 Å². The van der Waals surface area contributed by atoms with Gasteiger partial charge in [0.15, 0.2) is 23.0 Å². The number of ether oxygens (including phenoxy) is 2. The fourth-order valence-corrected chi connectivity index (χ4v) is 8.42. The molecular formula is C57H46N2O2. The second kappa shape index (κ2) is 17.3. The molecular weight excluding hydrogens is 745 g/mol. The molecule has 0 saturated carbocycles. The molecule has 4 heteroatoms. The molecule has 10 rings (SSSR count). The van der Waals surface area contributed by atoms with Gasteiger partial charge >= 0.3 is 0 Å². The van der Waals surface area contributed by atoms with Gasteiger partial charge in [-0.05, 0) is 93.8 Å². The highest BCUT2D eigenvalue weighted by Crippen LogP contribution is 2.62. The quantitative estimate of drug-likeness (QED) is 0.123. The summed E-state index contributed by atoms with van der Waals surface area (Å²) in [6.07, 6.45) is 5.97. The van der Waals surface area contributed by atoms with Crippen molar-refractivity contribution >= 4 is 11.4 Å². The molecule has 4 nitrogen and oxygen atoms in total. The summed E-state index contributed by atoms with van der Waals surface area (Å²) >= 11 is 0. The van der Waals surface area contributed by atoms with Crippen molar-refractivity contribution in [2.24, 2.45) is 10.7 Å². The number of nitrogens with two attached hydrogens (primary N) is 1. The summed E-state index contributed by atoms with van der Waals surface area (Å²) in [6.45, 7) is 4.57. The molecule has 0 unspecified atom stereocenters. The highest BCUT2D eigenvalue weighted by atomic mass is 16.6. The average Bonchev–Trinajstić information content (AvgIpc) is 3.64. The second-order valence-electron chi connectivity index (χ2n) is 15.1. The molecule has 0 saturated heterocycles. The van der Waals surface area contributed by atoms with Gasteiger partial charge in [-0.1, -0.05) is 194 Å². The van der Waals surface area contributed by atoms with Crippen LogP contribution in [0.15, 0.2) is 223 Å². The number of fused-ring (bicyclic) bond motifs is 6. The van der Waals surface area contributed by atoms with Gasteiger partial charge in [0.05, 0.1) is 17.7 Å². The van der Waals surface area contributed by atoms with E-state index in [4.69, 9.17) is 20.2 Å². The van der Waals surface area contributed by atoms with Crippen molar-refractivity contribution in [3.63, 3.8) is 0 Å². The Morgan fingerprint density at radius 2 is 1.10 bits per heavy atom. The molecule has 1 heterocycles. The van der Waals surface area contributed by atoms with Gasteiger partial charge in [0.1, 0.15) is 0 Å². The summed E-state index contributed by atoms with van der Waals surface area (Å²) < 4.78 is 13.5. The maximum absolute atomic E-state index is 6.84. The van der Waals surface area contributed by atoms with Crippen LogP contribution in [0.25, 0.3) is 28.0 Å². The zero-order chi connectivity index (χ0) is 41.6. The highest BCUT2D eigenvalue weighted by Gasteiger charge is 2.48. The molecule has 0 atom stereocenters. The molecule has 0 bridgehead atoms. The van der Waals surface area contributed by atoms with Gasteiger partial charge < -0.3 is 15.2 Å². The van der Waals surface area contributed by atoms with Crippen molar-refractivity contribution in [3.8, 4) is 45.3 Å². The molecule has 0 aromatic heterocycles. The van der Waals surface area contributed by atoms with Gasteiger partial charge in [-0.15, -0.1) is 0 Å². The van der Waals surface area contributed by atoms with Crippen LogP contribution in [-0.2, 0) is 12.0 Å². The summed E-state index contributed by atoms with van der Waals surface area (Å²) in [4.78, 5) is 4.95. The van der Waals surface area contributed by atoms with Crippen molar-refractivity contribution in [2.45, 2.75) is 25.8 Å². The van der Waals surface area contributed by atoms with Gasteiger partial charge in [0.25, 0.3) is 0 Å². The van der Waals surface area contributed by atoms with Crippen LogP contribution in [0.5, 0.6) is 23.0 Å². The Bertz CT molecular complexity index is 2840. The summed E-state index contributed by atoms with van der Waals surface area (Å²) in [7, 11) is 0. The fourth-order valence-electron chi connectivity index (χ4n) is 8.42. The van der Waals surface area contributed by atoms with Crippen LogP contribution in [0, 0.1) is 0 Å². The molecule has 296 valence electrons. The number of nitrogens with zero attached hydrogens (tertiary/aromatic N) is 1. The molecule has 8 aromatic carbocycles. The maximum atomic E-state index is 6.84. The number of benzene rings is 8. The first kappa shape index (κ1) is 38.8. The number of hydrogen-bond donors (Lipinski definition) is 1. The van der Waals surface area contributed by atoms with E-state index in [1.165, 1.54) is 22.3 Å². The standard InChI is InChI=1S/C53H38N2O2.C4H8/c54-46(34-47(39-17-7-2-8-18-39)55-35-36-15-5-1-6-16-36)38-27-25-37(26-28-38)40-29-31-48-50(33-40)56-49-32-30-45-51(52(49)57-48)43-23-13-14-24-44(43)53(45,41-19-9-3-10-20-41)42-21-11-4-12-22-42;1-3-4-2/h1-34H,35,54H2;3-4H,1-2H3/b46-34-,55-47?;4-3-. The van der Waals surface area contributed by atoms with E-state index in [1.54, 1.807) is 0 Å². The molecule has 1 aliphatic carbocycles. The monoisotopic (exact) mass is 790 g/mol.